The third kappa shape index (κ3) is 8.70. The maximum absolute atomic E-state index is 11.6. The SMILES string of the molecule is CC(=O)CC(=O)CCC1C=CC(NC(=O)CCCC(=O)O)=CC1. The summed E-state index contributed by atoms with van der Waals surface area (Å²) in [5, 5.41) is 11.3. The molecular weight excluding hydrogens is 298 g/mol. The predicted octanol–water partition coefficient (Wildman–Crippen LogP) is 2.15. The Hall–Kier alpha value is -2.24. The zero-order chi connectivity index (χ0) is 17.2. The van der Waals surface area contributed by atoms with Gasteiger partial charge in [-0.1, -0.05) is 12.2 Å². The number of carbonyl (C=O) groups is 4. The maximum atomic E-state index is 11.6. The highest BCUT2D eigenvalue weighted by atomic mass is 16.4. The first-order valence-corrected chi connectivity index (χ1v) is 7.78. The van der Waals surface area contributed by atoms with Crippen LogP contribution in [0, 0.1) is 5.92 Å². The van der Waals surface area contributed by atoms with Gasteiger partial charge in [-0.15, -0.1) is 0 Å². The topological polar surface area (TPSA) is 101 Å². The molecule has 23 heavy (non-hydrogen) atoms. The molecule has 0 bridgehead atoms. The number of carboxylic acids is 1. The Morgan fingerprint density at radius 2 is 1.96 bits per heavy atom. The molecule has 0 aliphatic heterocycles. The summed E-state index contributed by atoms with van der Waals surface area (Å²) in [4.78, 5) is 44.4. The molecule has 1 aliphatic carbocycles. The summed E-state index contributed by atoms with van der Waals surface area (Å²) in [5.41, 5.74) is 0.705. The molecule has 0 aromatic heterocycles. The van der Waals surface area contributed by atoms with Gasteiger partial charge in [-0.2, -0.15) is 0 Å². The van der Waals surface area contributed by atoms with E-state index in [0.717, 1.165) is 6.42 Å². The van der Waals surface area contributed by atoms with Crippen LogP contribution in [0.15, 0.2) is 23.9 Å². The van der Waals surface area contributed by atoms with Crippen molar-refractivity contribution in [2.45, 2.75) is 51.9 Å². The summed E-state index contributed by atoms with van der Waals surface area (Å²) >= 11 is 0. The minimum Gasteiger partial charge on any atom is -0.481 e. The molecule has 1 aliphatic rings. The second kappa shape index (κ2) is 9.71. The lowest BCUT2D eigenvalue weighted by atomic mass is 9.93. The number of allylic oxidation sites excluding steroid dienone is 3. The molecule has 0 saturated carbocycles. The van der Waals surface area contributed by atoms with Gasteiger partial charge in [0.25, 0.3) is 0 Å². The summed E-state index contributed by atoms with van der Waals surface area (Å²) in [6, 6.07) is 0. The first-order valence-electron chi connectivity index (χ1n) is 7.78. The highest BCUT2D eigenvalue weighted by molar-refractivity contribution is 5.97. The number of aliphatic carboxylic acids is 1. The molecule has 2 N–H and O–H groups in total. The van der Waals surface area contributed by atoms with E-state index in [-0.39, 0.29) is 42.7 Å². The average Bonchev–Trinajstić information content (AvgIpc) is 2.45. The lowest BCUT2D eigenvalue weighted by Gasteiger charge is -2.16. The molecule has 1 atom stereocenters. The second-order valence-electron chi connectivity index (χ2n) is 5.77. The van der Waals surface area contributed by atoms with E-state index in [1.807, 2.05) is 12.2 Å². The first kappa shape index (κ1) is 18.8. The van der Waals surface area contributed by atoms with Gasteiger partial charge in [-0.25, -0.2) is 0 Å². The maximum Gasteiger partial charge on any atom is 0.303 e. The Morgan fingerprint density at radius 3 is 2.52 bits per heavy atom. The predicted molar refractivity (Wildman–Crippen MR) is 84.5 cm³/mol. The normalized spacial score (nSPS) is 16.6. The highest BCUT2D eigenvalue weighted by Gasteiger charge is 2.13. The molecule has 0 spiro atoms. The van der Waals surface area contributed by atoms with E-state index in [1.165, 1.54) is 6.92 Å². The smallest absolute Gasteiger partial charge is 0.303 e. The number of carboxylic acid groups (broad SMARTS) is 1. The Bertz CT molecular complexity index is 533. The van der Waals surface area contributed by atoms with Crippen molar-refractivity contribution in [3.8, 4) is 0 Å². The van der Waals surface area contributed by atoms with Crippen molar-refractivity contribution in [2.75, 3.05) is 0 Å². The van der Waals surface area contributed by atoms with Gasteiger partial charge in [-0.3, -0.25) is 19.2 Å². The van der Waals surface area contributed by atoms with E-state index in [9.17, 15) is 19.2 Å². The summed E-state index contributed by atoms with van der Waals surface area (Å²) in [5.74, 6) is -1.01. The number of rotatable bonds is 10. The van der Waals surface area contributed by atoms with E-state index >= 15 is 0 Å². The van der Waals surface area contributed by atoms with E-state index in [1.54, 1.807) is 6.08 Å². The van der Waals surface area contributed by atoms with E-state index in [4.69, 9.17) is 5.11 Å². The quantitative estimate of drug-likeness (QED) is 0.600. The van der Waals surface area contributed by atoms with Crippen molar-refractivity contribution in [3.63, 3.8) is 0 Å². The number of hydrogen-bond donors (Lipinski definition) is 2. The lowest BCUT2D eigenvalue weighted by Crippen LogP contribution is -2.23. The number of carbonyl (C=O) groups excluding carboxylic acids is 3. The molecule has 6 heteroatoms. The molecule has 0 radical (unpaired) electrons. The summed E-state index contributed by atoms with van der Waals surface area (Å²) in [6.45, 7) is 1.41. The molecule has 0 aromatic rings. The third-order valence-corrected chi connectivity index (χ3v) is 3.51. The molecule has 126 valence electrons. The molecule has 0 aromatic carbocycles. The monoisotopic (exact) mass is 321 g/mol. The van der Waals surface area contributed by atoms with Crippen molar-refractivity contribution >= 4 is 23.4 Å². The molecule has 1 amide bonds. The van der Waals surface area contributed by atoms with Gasteiger partial charge in [0.15, 0.2) is 0 Å². The van der Waals surface area contributed by atoms with Gasteiger partial charge in [0, 0.05) is 25.0 Å². The highest BCUT2D eigenvalue weighted by Crippen LogP contribution is 2.20. The van der Waals surface area contributed by atoms with E-state index in [0.29, 0.717) is 25.0 Å². The number of hydrogen-bond acceptors (Lipinski definition) is 4. The van der Waals surface area contributed by atoms with Gasteiger partial charge < -0.3 is 10.4 Å². The van der Waals surface area contributed by atoms with E-state index < -0.39 is 5.97 Å². The van der Waals surface area contributed by atoms with Crippen LogP contribution in [0.5, 0.6) is 0 Å². The fourth-order valence-electron chi connectivity index (χ4n) is 2.31. The van der Waals surface area contributed by atoms with Gasteiger partial charge >= 0.3 is 5.97 Å². The molecular formula is C17H23NO5. The van der Waals surface area contributed by atoms with Crippen molar-refractivity contribution in [1.29, 1.82) is 0 Å². The molecule has 1 rings (SSSR count). The van der Waals surface area contributed by atoms with Crippen LogP contribution >= 0.6 is 0 Å². The summed E-state index contributed by atoms with van der Waals surface area (Å²) in [7, 11) is 0. The van der Waals surface area contributed by atoms with Crippen LogP contribution in [0.25, 0.3) is 0 Å². The van der Waals surface area contributed by atoms with Crippen LogP contribution < -0.4 is 5.32 Å². The molecule has 0 fully saturated rings. The Morgan fingerprint density at radius 1 is 1.22 bits per heavy atom. The molecule has 6 nitrogen and oxygen atoms in total. The van der Waals surface area contributed by atoms with Crippen LogP contribution in [0.3, 0.4) is 0 Å². The minimum absolute atomic E-state index is 0.00389. The van der Waals surface area contributed by atoms with Gasteiger partial charge in [0.1, 0.15) is 11.6 Å². The van der Waals surface area contributed by atoms with Gasteiger partial charge in [0.2, 0.25) is 5.91 Å². The van der Waals surface area contributed by atoms with Gasteiger partial charge in [0.05, 0.1) is 6.42 Å². The Kier molecular flexibility index (Phi) is 7.94. The Balaban J connectivity index is 2.26. The zero-order valence-corrected chi connectivity index (χ0v) is 13.3. The Labute approximate surface area is 135 Å². The standard InChI is InChI=1S/C17H23NO5/c1-12(19)11-15(20)10-7-13-5-8-14(9-6-13)18-16(21)3-2-4-17(22)23/h5,8-9,13H,2-4,6-7,10-11H2,1H3,(H,18,21)(H,22,23). The van der Waals surface area contributed by atoms with Crippen LogP contribution in [-0.2, 0) is 19.2 Å². The minimum atomic E-state index is -0.906. The number of nitrogens with one attached hydrogen (secondary N) is 1. The number of ketones is 2. The number of Topliss-reactive ketones (excluding diaryl/α,β-unsaturated/α-hetero) is 2. The average molecular weight is 321 g/mol. The third-order valence-electron chi connectivity index (χ3n) is 3.51. The molecule has 1 unspecified atom stereocenters. The summed E-state index contributed by atoms with van der Waals surface area (Å²) < 4.78 is 0. The number of amides is 1. The fourth-order valence-corrected chi connectivity index (χ4v) is 2.31. The van der Waals surface area contributed by atoms with Crippen molar-refractivity contribution in [1.82, 2.24) is 5.32 Å². The second-order valence-corrected chi connectivity index (χ2v) is 5.77. The van der Waals surface area contributed by atoms with Crippen molar-refractivity contribution in [2.24, 2.45) is 5.92 Å². The molecule has 0 saturated heterocycles. The molecule has 0 heterocycles. The van der Waals surface area contributed by atoms with Gasteiger partial charge in [-0.05, 0) is 38.2 Å². The largest absolute Gasteiger partial charge is 0.481 e. The first-order chi connectivity index (χ1) is 10.9. The summed E-state index contributed by atoms with van der Waals surface area (Å²) in [6.07, 6.45) is 7.96. The van der Waals surface area contributed by atoms with E-state index in [2.05, 4.69) is 5.32 Å². The van der Waals surface area contributed by atoms with Crippen molar-refractivity contribution in [3.05, 3.63) is 23.9 Å². The van der Waals surface area contributed by atoms with Crippen LogP contribution in [0.1, 0.15) is 51.9 Å². The zero-order valence-electron chi connectivity index (χ0n) is 13.3. The van der Waals surface area contributed by atoms with Crippen LogP contribution in [-0.4, -0.2) is 28.5 Å². The fraction of sp³-hybridized carbons (Fsp3) is 0.529. The lowest BCUT2D eigenvalue weighted by molar-refractivity contribution is -0.137. The van der Waals surface area contributed by atoms with Crippen molar-refractivity contribution < 1.29 is 24.3 Å². The van der Waals surface area contributed by atoms with Crippen LogP contribution in [0.2, 0.25) is 0 Å². The van der Waals surface area contributed by atoms with Crippen LogP contribution in [0.4, 0.5) is 0 Å².